The van der Waals surface area contributed by atoms with Crippen molar-refractivity contribution in [2.45, 2.75) is 6.18 Å². The third-order valence-electron chi connectivity index (χ3n) is 2.49. The van der Waals surface area contributed by atoms with Gasteiger partial charge >= 0.3 is 6.18 Å². The SMILES string of the molecule is O=Cc1ccc(Oc2cccc(F)c2)cc1C(F)(F)F. The van der Waals surface area contributed by atoms with Crippen molar-refractivity contribution in [3.05, 3.63) is 59.4 Å². The highest BCUT2D eigenvalue weighted by Gasteiger charge is 2.33. The number of halogens is 4. The second-order valence-corrected chi connectivity index (χ2v) is 3.92. The minimum absolute atomic E-state index is 0.0666. The topological polar surface area (TPSA) is 26.3 Å². The number of hydrogen-bond acceptors (Lipinski definition) is 2. The van der Waals surface area contributed by atoms with Crippen molar-refractivity contribution in [1.82, 2.24) is 0 Å². The standard InChI is InChI=1S/C14H8F4O2/c15-10-2-1-3-11(6-10)20-12-5-4-9(8-19)13(7-12)14(16,17)18/h1-8H. The van der Waals surface area contributed by atoms with E-state index in [1.807, 2.05) is 0 Å². The van der Waals surface area contributed by atoms with Gasteiger partial charge in [0.05, 0.1) is 5.56 Å². The van der Waals surface area contributed by atoms with Crippen LogP contribution in [-0.2, 0) is 6.18 Å². The largest absolute Gasteiger partial charge is 0.457 e. The number of aldehydes is 1. The molecule has 0 unspecified atom stereocenters. The van der Waals surface area contributed by atoms with Crippen LogP contribution in [0.5, 0.6) is 11.5 Å². The highest BCUT2D eigenvalue weighted by molar-refractivity contribution is 5.78. The Labute approximate surface area is 111 Å². The molecule has 0 aromatic heterocycles. The van der Waals surface area contributed by atoms with Crippen LogP contribution in [0.3, 0.4) is 0 Å². The lowest BCUT2D eigenvalue weighted by atomic mass is 10.1. The van der Waals surface area contributed by atoms with Crippen LogP contribution < -0.4 is 4.74 Å². The number of alkyl halides is 3. The minimum atomic E-state index is -4.67. The molecule has 2 aromatic carbocycles. The fraction of sp³-hybridized carbons (Fsp3) is 0.0714. The predicted molar refractivity (Wildman–Crippen MR) is 63.3 cm³/mol. The molecule has 0 N–H and O–H groups in total. The van der Waals surface area contributed by atoms with Crippen LogP contribution in [-0.4, -0.2) is 6.29 Å². The van der Waals surface area contributed by atoms with E-state index < -0.39 is 23.1 Å². The van der Waals surface area contributed by atoms with Crippen molar-refractivity contribution in [2.75, 3.05) is 0 Å². The molecule has 0 fully saturated rings. The Kier molecular flexibility index (Phi) is 3.74. The van der Waals surface area contributed by atoms with Gasteiger partial charge in [0, 0.05) is 11.6 Å². The van der Waals surface area contributed by atoms with Gasteiger partial charge in [0.1, 0.15) is 17.3 Å². The Bertz CT molecular complexity index is 635. The molecule has 2 aromatic rings. The summed E-state index contributed by atoms with van der Waals surface area (Å²) in [4.78, 5) is 10.6. The van der Waals surface area contributed by atoms with Gasteiger partial charge in [-0.05, 0) is 30.3 Å². The van der Waals surface area contributed by atoms with Gasteiger partial charge in [-0.2, -0.15) is 13.2 Å². The first-order valence-corrected chi connectivity index (χ1v) is 5.50. The normalized spacial score (nSPS) is 11.2. The molecule has 0 amide bonds. The summed E-state index contributed by atoms with van der Waals surface area (Å²) in [5.41, 5.74) is -1.58. The second-order valence-electron chi connectivity index (χ2n) is 3.92. The summed E-state index contributed by atoms with van der Waals surface area (Å²) in [5.74, 6) is -0.631. The van der Waals surface area contributed by atoms with E-state index >= 15 is 0 Å². The zero-order valence-electron chi connectivity index (χ0n) is 9.95. The summed E-state index contributed by atoms with van der Waals surface area (Å²) in [6, 6.07) is 7.92. The fourth-order valence-electron chi connectivity index (χ4n) is 1.61. The highest BCUT2D eigenvalue weighted by atomic mass is 19.4. The molecule has 104 valence electrons. The quantitative estimate of drug-likeness (QED) is 0.615. The molecular formula is C14H8F4O2. The van der Waals surface area contributed by atoms with E-state index in [1.165, 1.54) is 24.3 Å². The average Bonchev–Trinajstić information content (AvgIpc) is 2.37. The molecule has 20 heavy (non-hydrogen) atoms. The number of ether oxygens (including phenoxy) is 1. The minimum Gasteiger partial charge on any atom is -0.457 e. The maximum absolute atomic E-state index is 13.0. The van der Waals surface area contributed by atoms with Crippen LogP contribution in [0.25, 0.3) is 0 Å². The first kappa shape index (κ1) is 14.0. The fourth-order valence-corrected chi connectivity index (χ4v) is 1.61. The van der Waals surface area contributed by atoms with Crippen LogP contribution >= 0.6 is 0 Å². The van der Waals surface area contributed by atoms with E-state index in [9.17, 15) is 22.4 Å². The van der Waals surface area contributed by atoms with E-state index in [0.717, 1.165) is 12.1 Å². The van der Waals surface area contributed by atoms with Crippen LogP contribution in [0.1, 0.15) is 15.9 Å². The molecule has 0 aliphatic rings. The van der Waals surface area contributed by atoms with Crippen LogP contribution in [0.4, 0.5) is 17.6 Å². The Morgan fingerprint density at radius 1 is 1.00 bits per heavy atom. The Morgan fingerprint density at radius 3 is 2.30 bits per heavy atom. The highest BCUT2D eigenvalue weighted by Crippen LogP contribution is 2.35. The van der Waals surface area contributed by atoms with Gasteiger partial charge in [-0.3, -0.25) is 4.79 Å². The van der Waals surface area contributed by atoms with Crippen LogP contribution in [0, 0.1) is 5.82 Å². The summed E-state index contributed by atoms with van der Waals surface area (Å²) >= 11 is 0. The molecule has 2 nitrogen and oxygen atoms in total. The molecule has 0 spiro atoms. The van der Waals surface area contributed by atoms with Gasteiger partial charge in [-0.25, -0.2) is 4.39 Å². The van der Waals surface area contributed by atoms with Gasteiger partial charge < -0.3 is 4.74 Å². The summed E-state index contributed by atoms with van der Waals surface area (Å²) in [7, 11) is 0. The molecule has 0 atom stereocenters. The van der Waals surface area contributed by atoms with Crippen molar-refractivity contribution in [3.63, 3.8) is 0 Å². The van der Waals surface area contributed by atoms with Crippen molar-refractivity contribution in [3.8, 4) is 11.5 Å². The van der Waals surface area contributed by atoms with E-state index in [4.69, 9.17) is 4.74 Å². The lowest BCUT2D eigenvalue weighted by molar-refractivity contribution is -0.137. The maximum atomic E-state index is 13.0. The number of rotatable bonds is 3. The predicted octanol–water partition coefficient (Wildman–Crippen LogP) is 4.45. The molecule has 0 aliphatic carbocycles. The number of benzene rings is 2. The summed E-state index contributed by atoms with van der Waals surface area (Å²) in [6.07, 6.45) is -4.55. The average molecular weight is 284 g/mol. The third kappa shape index (κ3) is 3.14. The number of hydrogen-bond donors (Lipinski definition) is 0. The summed E-state index contributed by atoms with van der Waals surface area (Å²) < 4.78 is 56.3. The maximum Gasteiger partial charge on any atom is 0.417 e. The van der Waals surface area contributed by atoms with Crippen molar-refractivity contribution >= 4 is 6.29 Å². The molecule has 0 radical (unpaired) electrons. The van der Waals surface area contributed by atoms with E-state index in [-0.39, 0.29) is 17.8 Å². The lowest BCUT2D eigenvalue weighted by Crippen LogP contribution is -2.09. The summed E-state index contributed by atoms with van der Waals surface area (Å²) in [5, 5.41) is 0. The van der Waals surface area contributed by atoms with E-state index in [1.54, 1.807) is 0 Å². The van der Waals surface area contributed by atoms with Crippen molar-refractivity contribution in [1.29, 1.82) is 0 Å². The zero-order chi connectivity index (χ0) is 14.8. The Hall–Kier alpha value is -2.37. The van der Waals surface area contributed by atoms with Gasteiger partial charge in [-0.15, -0.1) is 0 Å². The molecule has 0 saturated heterocycles. The zero-order valence-corrected chi connectivity index (χ0v) is 9.95. The molecular weight excluding hydrogens is 276 g/mol. The summed E-state index contributed by atoms with van der Waals surface area (Å²) in [6.45, 7) is 0. The van der Waals surface area contributed by atoms with Crippen molar-refractivity contribution < 1.29 is 27.1 Å². The molecule has 2 rings (SSSR count). The smallest absolute Gasteiger partial charge is 0.417 e. The van der Waals surface area contributed by atoms with Crippen LogP contribution in [0.2, 0.25) is 0 Å². The molecule has 0 saturated carbocycles. The first-order chi connectivity index (χ1) is 9.40. The lowest BCUT2D eigenvalue weighted by Gasteiger charge is -2.12. The van der Waals surface area contributed by atoms with Crippen LogP contribution in [0.15, 0.2) is 42.5 Å². The third-order valence-corrected chi connectivity index (χ3v) is 2.49. The monoisotopic (exact) mass is 284 g/mol. The molecule has 6 heteroatoms. The van der Waals surface area contributed by atoms with E-state index in [0.29, 0.717) is 6.07 Å². The first-order valence-electron chi connectivity index (χ1n) is 5.50. The second kappa shape index (κ2) is 5.32. The van der Waals surface area contributed by atoms with Gasteiger partial charge in [0.2, 0.25) is 0 Å². The molecule has 0 aliphatic heterocycles. The molecule has 0 heterocycles. The van der Waals surface area contributed by atoms with E-state index in [2.05, 4.69) is 0 Å². The van der Waals surface area contributed by atoms with Crippen molar-refractivity contribution in [2.24, 2.45) is 0 Å². The number of carbonyl (C=O) groups excluding carboxylic acids is 1. The number of carbonyl (C=O) groups is 1. The van der Waals surface area contributed by atoms with Gasteiger partial charge in [-0.1, -0.05) is 6.07 Å². The van der Waals surface area contributed by atoms with Gasteiger partial charge in [0.15, 0.2) is 6.29 Å². The Morgan fingerprint density at radius 2 is 1.70 bits per heavy atom. The molecule has 0 bridgehead atoms. The van der Waals surface area contributed by atoms with Gasteiger partial charge in [0.25, 0.3) is 0 Å². The Balaban J connectivity index is 2.37.